The van der Waals surface area contributed by atoms with Gasteiger partial charge in [-0.3, -0.25) is 4.98 Å². The Morgan fingerprint density at radius 1 is 1.10 bits per heavy atom. The van der Waals surface area contributed by atoms with E-state index in [2.05, 4.69) is 35.6 Å². The molecule has 1 spiro atoms. The normalized spacial score (nSPS) is 29.0. The summed E-state index contributed by atoms with van der Waals surface area (Å²) in [7, 11) is 1.73. The van der Waals surface area contributed by atoms with E-state index >= 15 is 0 Å². The molecule has 7 rings (SSSR count). The first kappa shape index (κ1) is 18.1. The zero-order valence-corrected chi connectivity index (χ0v) is 18.1. The molecule has 2 bridgehead atoms. The standard InChI is InChI=1S/C26H23ClN2O2/c1-30-21-7-4-15-12-20-19-11-16-10-17(14-2-5-18(27)6-3-14)13-29-23(16)25-26(19,8-9-28-20)22(15)24(21)31-25/h2-7,10,13,19-20,25,28H,8-9,11-12H2,1H3/t19-,20?,25-,26-/m0/s1. The molecule has 2 aliphatic carbocycles. The fourth-order valence-electron chi connectivity index (χ4n) is 6.74. The predicted molar refractivity (Wildman–Crippen MR) is 120 cm³/mol. The lowest BCUT2D eigenvalue weighted by Crippen LogP contribution is -2.61. The van der Waals surface area contributed by atoms with E-state index in [1.54, 1.807) is 7.11 Å². The summed E-state index contributed by atoms with van der Waals surface area (Å²) in [4.78, 5) is 5.01. The summed E-state index contributed by atoms with van der Waals surface area (Å²) in [5.74, 6) is 2.30. The SMILES string of the molecule is COc1ccc2c3c1O[C@H]1c4ncc(-c5ccc(Cl)cc5)cc4C[C@H]4C(C2)NCC[C@]314. The average molecular weight is 431 g/mol. The molecular weight excluding hydrogens is 408 g/mol. The van der Waals surface area contributed by atoms with Gasteiger partial charge in [0.25, 0.3) is 0 Å². The molecule has 5 heteroatoms. The molecule has 0 amide bonds. The van der Waals surface area contributed by atoms with Gasteiger partial charge in [0.1, 0.15) is 0 Å². The number of pyridine rings is 1. The van der Waals surface area contributed by atoms with Gasteiger partial charge < -0.3 is 14.8 Å². The Morgan fingerprint density at radius 3 is 2.81 bits per heavy atom. The van der Waals surface area contributed by atoms with Crippen molar-refractivity contribution in [1.29, 1.82) is 0 Å². The molecular formula is C26H23ClN2O2. The minimum absolute atomic E-state index is 0.00480. The van der Waals surface area contributed by atoms with Gasteiger partial charge in [-0.2, -0.15) is 0 Å². The lowest BCUT2D eigenvalue weighted by atomic mass is 9.52. The molecule has 1 N–H and O–H groups in total. The minimum Gasteiger partial charge on any atom is -0.493 e. The van der Waals surface area contributed by atoms with Crippen LogP contribution in [0.1, 0.15) is 34.9 Å². The van der Waals surface area contributed by atoms with Gasteiger partial charge in [0.2, 0.25) is 0 Å². The van der Waals surface area contributed by atoms with Crippen molar-refractivity contribution in [2.75, 3.05) is 13.7 Å². The van der Waals surface area contributed by atoms with E-state index in [0.717, 1.165) is 59.1 Å². The molecule has 3 aromatic rings. The van der Waals surface area contributed by atoms with Gasteiger partial charge in [-0.05, 0) is 72.7 Å². The second kappa shape index (κ2) is 6.24. The zero-order chi connectivity index (χ0) is 20.7. The second-order valence-corrected chi connectivity index (χ2v) is 9.71. The number of nitrogens with one attached hydrogen (secondary N) is 1. The number of ether oxygens (including phenoxy) is 2. The van der Waals surface area contributed by atoms with Crippen molar-refractivity contribution in [2.24, 2.45) is 5.92 Å². The number of piperidine rings is 1. The average Bonchev–Trinajstić information content (AvgIpc) is 3.13. The maximum Gasteiger partial charge on any atom is 0.166 e. The topological polar surface area (TPSA) is 43.4 Å². The first-order valence-electron chi connectivity index (χ1n) is 11.0. The molecule has 1 fully saturated rings. The number of rotatable bonds is 2. The lowest BCUT2D eigenvalue weighted by molar-refractivity contribution is 0.0250. The fraction of sp³-hybridized carbons (Fsp3) is 0.346. The summed E-state index contributed by atoms with van der Waals surface area (Å²) in [6.07, 6.45) is 5.10. The highest BCUT2D eigenvalue weighted by Crippen LogP contribution is 2.66. The summed E-state index contributed by atoms with van der Waals surface area (Å²) in [6.45, 7) is 1.02. The number of aromatic nitrogens is 1. The highest BCUT2D eigenvalue weighted by molar-refractivity contribution is 6.30. The van der Waals surface area contributed by atoms with Crippen LogP contribution in [0.5, 0.6) is 11.5 Å². The van der Waals surface area contributed by atoms with Crippen LogP contribution in [0.15, 0.2) is 48.7 Å². The van der Waals surface area contributed by atoms with Gasteiger partial charge in [0.15, 0.2) is 17.6 Å². The summed E-state index contributed by atoms with van der Waals surface area (Å²) in [5.41, 5.74) is 7.48. The maximum atomic E-state index is 6.76. The Kier molecular flexibility index (Phi) is 3.63. The lowest BCUT2D eigenvalue weighted by Gasteiger charge is -2.54. The quantitative estimate of drug-likeness (QED) is 0.629. The molecule has 1 saturated heterocycles. The molecule has 156 valence electrons. The van der Waals surface area contributed by atoms with E-state index in [9.17, 15) is 0 Å². The molecule has 4 atom stereocenters. The van der Waals surface area contributed by atoms with Gasteiger partial charge >= 0.3 is 0 Å². The Balaban J connectivity index is 1.42. The van der Waals surface area contributed by atoms with Gasteiger partial charge in [-0.25, -0.2) is 0 Å². The largest absolute Gasteiger partial charge is 0.493 e. The zero-order valence-electron chi connectivity index (χ0n) is 17.3. The van der Waals surface area contributed by atoms with Gasteiger partial charge in [-0.1, -0.05) is 29.8 Å². The van der Waals surface area contributed by atoms with Crippen LogP contribution in [-0.2, 0) is 18.3 Å². The molecule has 1 aromatic heterocycles. The number of hydrogen-bond acceptors (Lipinski definition) is 4. The van der Waals surface area contributed by atoms with Crippen LogP contribution in [0.4, 0.5) is 0 Å². The molecule has 2 aliphatic heterocycles. The molecule has 4 nitrogen and oxygen atoms in total. The number of nitrogens with zero attached hydrogens (tertiary/aromatic N) is 1. The van der Waals surface area contributed by atoms with Crippen LogP contribution in [0.3, 0.4) is 0 Å². The van der Waals surface area contributed by atoms with Crippen LogP contribution in [0.2, 0.25) is 5.02 Å². The van der Waals surface area contributed by atoms with Crippen molar-refractivity contribution >= 4 is 11.6 Å². The van der Waals surface area contributed by atoms with E-state index < -0.39 is 0 Å². The van der Waals surface area contributed by atoms with Crippen molar-refractivity contribution in [1.82, 2.24) is 10.3 Å². The third-order valence-electron chi connectivity index (χ3n) is 8.00. The maximum absolute atomic E-state index is 6.76. The first-order chi connectivity index (χ1) is 15.2. The first-order valence-corrected chi connectivity index (χ1v) is 11.4. The second-order valence-electron chi connectivity index (χ2n) is 9.27. The van der Waals surface area contributed by atoms with Crippen LogP contribution in [0, 0.1) is 5.92 Å². The van der Waals surface area contributed by atoms with Gasteiger partial charge in [0.05, 0.1) is 12.8 Å². The highest BCUT2D eigenvalue weighted by Gasteiger charge is 2.64. The van der Waals surface area contributed by atoms with Crippen molar-refractivity contribution in [3.63, 3.8) is 0 Å². The van der Waals surface area contributed by atoms with Crippen LogP contribution in [-0.4, -0.2) is 24.7 Å². The number of fused-ring (bicyclic) bond motifs is 2. The third kappa shape index (κ3) is 2.27. The molecule has 1 unspecified atom stereocenters. The fourth-order valence-corrected chi connectivity index (χ4v) is 6.86. The number of halogens is 1. The number of methoxy groups -OCH3 is 1. The number of hydrogen-bond donors (Lipinski definition) is 1. The highest BCUT2D eigenvalue weighted by atomic mass is 35.5. The summed E-state index contributed by atoms with van der Waals surface area (Å²) in [6, 6.07) is 15.1. The van der Waals surface area contributed by atoms with E-state index in [4.69, 9.17) is 26.1 Å². The van der Waals surface area contributed by atoms with Crippen molar-refractivity contribution in [3.8, 4) is 22.6 Å². The van der Waals surface area contributed by atoms with Crippen LogP contribution in [0.25, 0.3) is 11.1 Å². The Hall–Kier alpha value is -2.56. The van der Waals surface area contributed by atoms with E-state index in [1.165, 1.54) is 16.7 Å². The van der Waals surface area contributed by atoms with E-state index in [0.29, 0.717) is 12.0 Å². The monoisotopic (exact) mass is 430 g/mol. The number of benzene rings is 2. The van der Waals surface area contributed by atoms with E-state index in [1.807, 2.05) is 18.3 Å². The molecule has 0 radical (unpaired) electrons. The van der Waals surface area contributed by atoms with Crippen molar-refractivity contribution in [2.45, 2.75) is 36.8 Å². The van der Waals surface area contributed by atoms with Crippen LogP contribution >= 0.6 is 11.6 Å². The Morgan fingerprint density at radius 2 is 1.97 bits per heavy atom. The van der Waals surface area contributed by atoms with Crippen LogP contribution < -0.4 is 14.8 Å². The van der Waals surface area contributed by atoms with E-state index in [-0.39, 0.29) is 11.5 Å². The van der Waals surface area contributed by atoms with Gasteiger partial charge in [-0.15, -0.1) is 0 Å². The third-order valence-corrected chi connectivity index (χ3v) is 8.25. The molecule has 2 aromatic carbocycles. The summed E-state index contributed by atoms with van der Waals surface area (Å²) in [5, 5.41) is 4.57. The molecule has 3 heterocycles. The molecule has 0 saturated carbocycles. The predicted octanol–water partition coefficient (Wildman–Crippen LogP) is 4.87. The van der Waals surface area contributed by atoms with Crippen molar-refractivity contribution in [3.05, 3.63) is 76.1 Å². The summed E-state index contributed by atoms with van der Waals surface area (Å²) >= 11 is 6.09. The Labute approximate surface area is 186 Å². The Bertz CT molecular complexity index is 1220. The smallest absolute Gasteiger partial charge is 0.166 e. The van der Waals surface area contributed by atoms with Gasteiger partial charge in [0, 0.05) is 33.8 Å². The van der Waals surface area contributed by atoms with Crippen molar-refractivity contribution < 1.29 is 9.47 Å². The molecule has 31 heavy (non-hydrogen) atoms. The summed E-state index contributed by atoms with van der Waals surface area (Å²) < 4.78 is 12.5. The minimum atomic E-state index is -0.0459. The molecule has 4 aliphatic rings.